The molecule has 0 bridgehead atoms. The number of nitrogens with zero attached hydrogens (tertiary/aromatic N) is 1. The van der Waals surface area contributed by atoms with Crippen molar-refractivity contribution in [2.45, 2.75) is 6.54 Å². The average molecular weight is 268 g/mol. The number of benzene rings is 2. The predicted octanol–water partition coefficient (Wildman–Crippen LogP) is 3.95. The number of fused-ring (bicyclic) bond motifs is 1. The van der Waals surface area contributed by atoms with Crippen LogP contribution in [0.2, 0.25) is 0 Å². The monoisotopic (exact) mass is 268 g/mol. The van der Waals surface area contributed by atoms with E-state index < -0.39 is 4.92 Å². The van der Waals surface area contributed by atoms with Gasteiger partial charge in [0.2, 0.25) is 0 Å². The van der Waals surface area contributed by atoms with Gasteiger partial charge in [0.25, 0.3) is 0 Å². The molecule has 2 aromatic carbocycles. The number of nitrogens with one attached hydrogen (secondary N) is 1. The van der Waals surface area contributed by atoms with Crippen molar-refractivity contribution in [2.75, 3.05) is 5.32 Å². The number of furan rings is 1. The summed E-state index contributed by atoms with van der Waals surface area (Å²) in [5, 5.41) is 16.0. The lowest BCUT2D eigenvalue weighted by molar-refractivity contribution is -0.402. The Hall–Kier alpha value is -2.82. The fraction of sp³-hybridized carbons (Fsp3) is 0.0667. The summed E-state index contributed by atoms with van der Waals surface area (Å²) in [7, 11) is 0. The van der Waals surface area contributed by atoms with E-state index in [2.05, 4.69) is 5.32 Å². The van der Waals surface area contributed by atoms with Gasteiger partial charge in [0.05, 0.1) is 12.6 Å². The molecule has 0 amide bonds. The summed E-state index contributed by atoms with van der Waals surface area (Å²) < 4.78 is 5.12. The van der Waals surface area contributed by atoms with Crippen LogP contribution in [0, 0.1) is 10.1 Å². The summed E-state index contributed by atoms with van der Waals surface area (Å²) in [4.78, 5) is 10.0. The van der Waals surface area contributed by atoms with Crippen LogP contribution in [0.4, 0.5) is 11.6 Å². The van der Waals surface area contributed by atoms with Crippen LogP contribution in [-0.4, -0.2) is 4.92 Å². The van der Waals surface area contributed by atoms with E-state index in [1.165, 1.54) is 6.07 Å². The molecule has 100 valence electrons. The van der Waals surface area contributed by atoms with Crippen LogP contribution < -0.4 is 5.32 Å². The third kappa shape index (κ3) is 2.33. The van der Waals surface area contributed by atoms with E-state index in [0.717, 1.165) is 16.5 Å². The minimum Gasteiger partial charge on any atom is -0.404 e. The van der Waals surface area contributed by atoms with E-state index >= 15 is 0 Å². The number of hydrogen-bond donors (Lipinski definition) is 1. The van der Waals surface area contributed by atoms with Crippen molar-refractivity contribution >= 4 is 22.3 Å². The third-order valence-electron chi connectivity index (χ3n) is 3.07. The van der Waals surface area contributed by atoms with Crippen molar-refractivity contribution in [1.29, 1.82) is 0 Å². The quantitative estimate of drug-likeness (QED) is 0.574. The smallest absolute Gasteiger partial charge is 0.404 e. The van der Waals surface area contributed by atoms with Gasteiger partial charge in [0.15, 0.2) is 0 Å². The zero-order valence-corrected chi connectivity index (χ0v) is 10.6. The van der Waals surface area contributed by atoms with Gasteiger partial charge in [-0.1, -0.05) is 36.4 Å². The van der Waals surface area contributed by atoms with E-state index in [4.69, 9.17) is 4.42 Å². The van der Waals surface area contributed by atoms with Crippen LogP contribution >= 0.6 is 0 Å². The zero-order chi connectivity index (χ0) is 13.9. The molecule has 0 radical (unpaired) electrons. The number of hydrogen-bond acceptors (Lipinski definition) is 4. The number of nitro groups is 1. The molecule has 1 aromatic heterocycles. The van der Waals surface area contributed by atoms with Gasteiger partial charge in [-0.15, -0.1) is 0 Å². The van der Waals surface area contributed by atoms with Gasteiger partial charge in [-0.25, -0.2) is 0 Å². The average Bonchev–Trinajstić information content (AvgIpc) is 2.94. The molecule has 0 atom stereocenters. The Labute approximate surface area is 115 Å². The highest BCUT2D eigenvalue weighted by Gasteiger charge is 2.11. The highest BCUT2D eigenvalue weighted by atomic mass is 16.6. The second-order valence-corrected chi connectivity index (χ2v) is 4.38. The molecule has 0 saturated heterocycles. The zero-order valence-electron chi connectivity index (χ0n) is 10.6. The molecule has 0 aliphatic heterocycles. The van der Waals surface area contributed by atoms with Gasteiger partial charge in [-0.3, -0.25) is 10.1 Å². The van der Waals surface area contributed by atoms with Crippen molar-refractivity contribution in [3.63, 3.8) is 0 Å². The fourth-order valence-corrected chi connectivity index (χ4v) is 2.12. The molecule has 1 heterocycles. The molecule has 0 fully saturated rings. The molecule has 0 spiro atoms. The summed E-state index contributed by atoms with van der Waals surface area (Å²) >= 11 is 0. The molecule has 0 saturated carbocycles. The Morgan fingerprint density at radius 2 is 1.85 bits per heavy atom. The van der Waals surface area contributed by atoms with E-state index in [0.29, 0.717) is 12.3 Å². The number of rotatable bonds is 4. The molecular weight excluding hydrogens is 256 g/mol. The minimum absolute atomic E-state index is 0.236. The van der Waals surface area contributed by atoms with Gasteiger partial charge in [0.1, 0.15) is 10.7 Å². The van der Waals surface area contributed by atoms with Crippen LogP contribution in [0.1, 0.15) is 5.76 Å². The summed E-state index contributed by atoms with van der Waals surface area (Å²) in [5.74, 6) is 0.296. The van der Waals surface area contributed by atoms with Gasteiger partial charge in [-0.05, 0) is 17.5 Å². The van der Waals surface area contributed by atoms with Crippen LogP contribution in [-0.2, 0) is 6.54 Å². The molecule has 0 unspecified atom stereocenters. The normalized spacial score (nSPS) is 10.6. The SMILES string of the molecule is O=[N+]([O-])c1ccc(CNc2cccc3ccccc23)o1. The molecule has 3 rings (SSSR count). The first-order valence-electron chi connectivity index (χ1n) is 6.19. The Bertz CT molecular complexity index is 759. The first kappa shape index (κ1) is 12.2. The van der Waals surface area contributed by atoms with Crippen LogP contribution in [0.15, 0.2) is 59.0 Å². The molecule has 0 aliphatic carbocycles. The Balaban J connectivity index is 1.81. The van der Waals surface area contributed by atoms with E-state index in [-0.39, 0.29) is 5.88 Å². The largest absolute Gasteiger partial charge is 0.433 e. The lowest BCUT2D eigenvalue weighted by atomic mass is 10.1. The van der Waals surface area contributed by atoms with E-state index in [9.17, 15) is 10.1 Å². The Kier molecular flexibility index (Phi) is 3.09. The third-order valence-corrected chi connectivity index (χ3v) is 3.07. The van der Waals surface area contributed by atoms with Gasteiger partial charge >= 0.3 is 5.88 Å². The lowest BCUT2D eigenvalue weighted by Crippen LogP contribution is -1.98. The van der Waals surface area contributed by atoms with Gasteiger partial charge < -0.3 is 9.73 Å². The fourth-order valence-electron chi connectivity index (χ4n) is 2.12. The summed E-state index contributed by atoms with van der Waals surface area (Å²) in [6, 6.07) is 17.0. The van der Waals surface area contributed by atoms with E-state index in [1.54, 1.807) is 6.07 Å². The second-order valence-electron chi connectivity index (χ2n) is 4.38. The highest BCUT2D eigenvalue weighted by molar-refractivity contribution is 5.93. The van der Waals surface area contributed by atoms with Crippen LogP contribution in [0.3, 0.4) is 0 Å². The first-order valence-corrected chi connectivity index (χ1v) is 6.19. The van der Waals surface area contributed by atoms with Crippen molar-refractivity contribution in [3.8, 4) is 0 Å². The second kappa shape index (κ2) is 5.05. The molecule has 3 aromatic rings. The first-order chi connectivity index (χ1) is 9.74. The van der Waals surface area contributed by atoms with Crippen molar-refractivity contribution < 1.29 is 9.34 Å². The molecule has 0 aliphatic rings. The van der Waals surface area contributed by atoms with Gasteiger partial charge in [0, 0.05) is 11.1 Å². The summed E-state index contributed by atoms with van der Waals surface area (Å²) in [6.45, 7) is 0.405. The molecule has 1 N–H and O–H groups in total. The maximum absolute atomic E-state index is 10.6. The number of anilines is 1. The topological polar surface area (TPSA) is 68.3 Å². The van der Waals surface area contributed by atoms with E-state index in [1.807, 2.05) is 42.5 Å². The maximum Gasteiger partial charge on any atom is 0.433 e. The summed E-state index contributed by atoms with van der Waals surface area (Å²) in [6.07, 6.45) is 0. The van der Waals surface area contributed by atoms with Crippen molar-refractivity contribution in [2.24, 2.45) is 0 Å². The van der Waals surface area contributed by atoms with Crippen LogP contribution in [0.5, 0.6) is 0 Å². The predicted molar refractivity (Wildman–Crippen MR) is 76.6 cm³/mol. The van der Waals surface area contributed by atoms with Crippen molar-refractivity contribution in [1.82, 2.24) is 0 Å². The Morgan fingerprint density at radius 3 is 2.65 bits per heavy atom. The van der Waals surface area contributed by atoms with Crippen molar-refractivity contribution in [3.05, 3.63) is 70.5 Å². The minimum atomic E-state index is -0.540. The molecule has 20 heavy (non-hydrogen) atoms. The Morgan fingerprint density at radius 1 is 1.05 bits per heavy atom. The summed E-state index contributed by atoms with van der Waals surface area (Å²) in [5.41, 5.74) is 0.974. The standard InChI is InChI=1S/C15H12N2O3/c18-17(19)15-9-8-12(20-15)10-16-14-7-3-5-11-4-1-2-6-13(11)14/h1-9,16H,10H2. The van der Waals surface area contributed by atoms with Gasteiger partial charge in [-0.2, -0.15) is 0 Å². The molecule has 5 nitrogen and oxygen atoms in total. The highest BCUT2D eigenvalue weighted by Crippen LogP contribution is 2.24. The molecule has 5 heteroatoms. The van der Waals surface area contributed by atoms with Crippen LogP contribution in [0.25, 0.3) is 10.8 Å². The maximum atomic E-state index is 10.6. The molecular formula is C15H12N2O3. The lowest BCUT2D eigenvalue weighted by Gasteiger charge is -2.08.